The molecule has 2 amide bonds. The molecule has 0 aromatic heterocycles. The standard InChI is InChI=1S/C14H25N3O2/c15-8-4-2-1-3-5-13(18)16-9-10-17-12(11-16)6-7-14(17)19/h12H,1-11,15H2. The lowest BCUT2D eigenvalue weighted by Gasteiger charge is -2.37. The molecule has 2 rings (SSSR count). The number of unbranched alkanes of at least 4 members (excludes halogenated alkanes) is 3. The Labute approximate surface area is 115 Å². The van der Waals surface area contributed by atoms with Gasteiger partial charge in [-0.1, -0.05) is 12.8 Å². The third-order valence-electron chi connectivity index (χ3n) is 4.19. The summed E-state index contributed by atoms with van der Waals surface area (Å²) in [5, 5.41) is 0. The lowest BCUT2D eigenvalue weighted by Crippen LogP contribution is -2.53. The maximum absolute atomic E-state index is 12.1. The Morgan fingerprint density at radius 1 is 1.21 bits per heavy atom. The van der Waals surface area contributed by atoms with Crippen LogP contribution in [0.15, 0.2) is 0 Å². The molecule has 108 valence electrons. The largest absolute Gasteiger partial charge is 0.339 e. The van der Waals surface area contributed by atoms with E-state index in [9.17, 15) is 9.59 Å². The third kappa shape index (κ3) is 3.69. The number of carbonyl (C=O) groups excluding carboxylic acids is 2. The van der Waals surface area contributed by atoms with Gasteiger partial charge in [-0.3, -0.25) is 9.59 Å². The predicted molar refractivity (Wildman–Crippen MR) is 73.5 cm³/mol. The lowest BCUT2D eigenvalue weighted by atomic mass is 10.1. The molecule has 5 heteroatoms. The van der Waals surface area contributed by atoms with E-state index in [2.05, 4.69) is 0 Å². The van der Waals surface area contributed by atoms with Crippen molar-refractivity contribution in [3.05, 3.63) is 0 Å². The summed E-state index contributed by atoms with van der Waals surface area (Å²) in [4.78, 5) is 27.6. The van der Waals surface area contributed by atoms with Gasteiger partial charge in [-0.05, 0) is 25.8 Å². The average molecular weight is 267 g/mol. The zero-order valence-corrected chi connectivity index (χ0v) is 11.6. The molecule has 2 N–H and O–H groups in total. The Morgan fingerprint density at radius 3 is 2.79 bits per heavy atom. The second kappa shape index (κ2) is 6.89. The second-order valence-electron chi connectivity index (χ2n) is 5.57. The van der Waals surface area contributed by atoms with Crippen molar-refractivity contribution in [3.8, 4) is 0 Å². The van der Waals surface area contributed by atoms with Crippen molar-refractivity contribution in [1.82, 2.24) is 9.80 Å². The predicted octanol–water partition coefficient (Wildman–Crippen LogP) is 0.729. The van der Waals surface area contributed by atoms with E-state index >= 15 is 0 Å². The van der Waals surface area contributed by atoms with Crippen molar-refractivity contribution in [1.29, 1.82) is 0 Å². The highest BCUT2D eigenvalue weighted by Gasteiger charge is 2.36. The monoisotopic (exact) mass is 267 g/mol. The molecule has 2 fully saturated rings. The van der Waals surface area contributed by atoms with Gasteiger partial charge in [0.25, 0.3) is 0 Å². The number of hydrogen-bond acceptors (Lipinski definition) is 3. The van der Waals surface area contributed by atoms with E-state index in [1.165, 1.54) is 0 Å². The minimum atomic E-state index is 0.256. The highest BCUT2D eigenvalue weighted by molar-refractivity contribution is 5.80. The zero-order valence-electron chi connectivity index (χ0n) is 11.6. The van der Waals surface area contributed by atoms with Crippen molar-refractivity contribution in [3.63, 3.8) is 0 Å². The fourth-order valence-corrected chi connectivity index (χ4v) is 3.02. The maximum atomic E-state index is 12.1. The maximum Gasteiger partial charge on any atom is 0.223 e. The van der Waals surface area contributed by atoms with E-state index in [1.54, 1.807) is 0 Å². The van der Waals surface area contributed by atoms with Gasteiger partial charge >= 0.3 is 0 Å². The van der Waals surface area contributed by atoms with Crippen molar-refractivity contribution in [2.75, 3.05) is 26.2 Å². The zero-order chi connectivity index (χ0) is 13.7. The molecule has 0 spiro atoms. The number of carbonyl (C=O) groups is 2. The summed E-state index contributed by atoms with van der Waals surface area (Å²) in [5.74, 6) is 0.519. The molecule has 1 unspecified atom stereocenters. The van der Waals surface area contributed by atoms with Gasteiger partial charge in [-0.15, -0.1) is 0 Å². The van der Waals surface area contributed by atoms with E-state index < -0.39 is 0 Å². The fraction of sp³-hybridized carbons (Fsp3) is 0.857. The van der Waals surface area contributed by atoms with Gasteiger partial charge in [-0.2, -0.15) is 0 Å². The van der Waals surface area contributed by atoms with Crippen LogP contribution in [0, 0.1) is 0 Å². The molecule has 2 saturated heterocycles. The van der Waals surface area contributed by atoms with Gasteiger partial charge in [0.15, 0.2) is 0 Å². The van der Waals surface area contributed by atoms with Crippen LogP contribution in [0.1, 0.15) is 44.9 Å². The Kier molecular flexibility index (Phi) is 5.19. The quantitative estimate of drug-likeness (QED) is 0.721. The summed E-state index contributed by atoms with van der Waals surface area (Å²) in [6.45, 7) is 2.92. The molecular weight excluding hydrogens is 242 g/mol. The highest BCUT2D eigenvalue weighted by Crippen LogP contribution is 2.23. The number of fused-ring (bicyclic) bond motifs is 1. The molecule has 2 aliphatic heterocycles. The first-order valence-electron chi connectivity index (χ1n) is 7.49. The van der Waals surface area contributed by atoms with Crippen molar-refractivity contribution in [2.24, 2.45) is 5.73 Å². The van der Waals surface area contributed by atoms with Crippen LogP contribution in [0.3, 0.4) is 0 Å². The van der Waals surface area contributed by atoms with Gasteiger partial charge in [0.1, 0.15) is 0 Å². The fourth-order valence-electron chi connectivity index (χ4n) is 3.02. The Balaban J connectivity index is 1.68. The SMILES string of the molecule is NCCCCCCC(=O)N1CCN2C(=O)CCC2C1. The molecular formula is C14H25N3O2. The lowest BCUT2D eigenvalue weighted by molar-refractivity contribution is -0.139. The van der Waals surface area contributed by atoms with Crippen LogP contribution >= 0.6 is 0 Å². The van der Waals surface area contributed by atoms with Gasteiger partial charge < -0.3 is 15.5 Å². The first-order valence-corrected chi connectivity index (χ1v) is 7.49. The molecule has 0 bridgehead atoms. The minimum absolute atomic E-state index is 0.256. The van der Waals surface area contributed by atoms with Crippen LogP contribution in [0.5, 0.6) is 0 Å². The molecule has 0 aliphatic carbocycles. The number of nitrogens with zero attached hydrogens (tertiary/aromatic N) is 2. The third-order valence-corrected chi connectivity index (χ3v) is 4.19. The molecule has 0 saturated carbocycles. The van der Waals surface area contributed by atoms with E-state index in [1.807, 2.05) is 9.80 Å². The molecule has 1 atom stereocenters. The number of amides is 2. The van der Waals surface area contributed by atoms with Gasteiger partial charge in [0.2, 0.25) is 11.8 Å². The summed E-state index contributed by atoms with van der Waals surface area (Å²) in [7, 11) is 0. The number of nitrogens with two attached hydrogens (primary N) is 1. The van der Waals surface area contributed by atoms with Crippen molar-refractivity contribution in [2.45, 2.75) is 51.0 Å². The number of rotatable bonds is 6. The van der Waals surface area contributed by atoms with Crippen LogP contribution in [0.2, 0.25) is 0 Å². The minimum Gasteiger partial charge on any atom is -0.339 e. The first-order chi connectivity index (χ1) is 9.22. The molecule has 2 heterocycles. The molecule has 0 aromatic rings. The van der Waals surface area contributed by atoms with Gasteiger partial charge in [0, 0.05) is 38.5 Å². The smallest absolute Gasteiger partial charge is 0.223 e. The summed E-state index contributed by atoms with van der Waals surface area (Å²) in [6.07, 6.45) is 6.44. The van der Waals surface area contributed by atoms with Crippen LogP contribution in [0.25, 0.3) is 0 Å². The van der Waals surface area contributed by atoms with E-state index in [-0.39, 0.29) is 17.9 Å². The average Bonchev–Trinajstić information content (AvgIpc) is 2.79. The summed E-state index contributed by atoms with van der Waals surface area (Å²) in [5.41, 5.74) is 5.44. The number of hydrogen-bond donors (Lipinski definition) is 1. The molecule has 19 heavy (non-hydrogen) atoms. The highest BCUT2D eigenvalue weighted by atomic mass is 16.2. The van der Waals surface area contributed by atoms with Crippen molar-refractivity contribution < 1.29 is 9.59 Å². The summed E-state index contributed by atoms with van der Waals surface area (Å²) in [6, 6.07) is 0.280. The van der Waals surface area contributed by atoms with Crippen LogP contribution in [-0.2, 0) is 9.59 Å². The van der Waals surface area contributed by atoms with Gasteiger partial charge in [0.05, 0.1) is 0 Å². The van der Waals surface area contributed by atoms with E-state index in [0.29, 0.717) is 19.4 Å². The number of piperazine rings is 1. The summed E-state index contributed by atoms with van der Waals surface area (Å²) >= 11 is 0. The molecule has 0 radical (unpaired) electrons. The Hall–Kier alpha value is -1.10. The molecule has 0 aromatic carbocycles. The van der Waals surface area contributed by atoms with Crippen LogP contribution < -0.4 is 5.73 Å². The first kappa shape index (κ1) is 14.3. The second-order valence-corrected chi connectivity index (χ2v) is 5.57. The van der Waals surface area contributed by atoms with E-state index in [0.717, 1.165) is 51.7 Å². The van der Waals surface area contributed by atoms with Gasteiger partial charge in [-0.25, -0.2) is 0 Å². The van der Waals surface area contributed by atoms with Crippen molar-refractivity contribution >= 4 is 11.8 Å². The Bertz CT molecular complexity index is 333. The van der Waals surface area contributed by atoms with Crippen LogP contribution in [0.4, 0.5) is 0 Å². The molecule has 2 aliphatic rings. The van der Waals surface area contributed by atoms with Crippen LogP contribution in [-0.4, -0.2) is 53.8 Å². The summed E-state index contributed by atoms with van der Waals surface area (Å²) < 4.78 is 0. The molecule has 5 nitrogen and oxygen atoms in total. The van der Waals surface area contributed by atoms with E-state index in [4.69, 9.17) is 5.73 Å². The normalized spacial score (nSPS) is 22.8. The Morgan fingerprint density at radius 2 is 2.00 bits per heavy atom. The topological polar surface area (TPSA) is 66.6 Å².